The van der Waals surface area contributed by atoms with Gasteiger partial charge in [0, 0.05) is 6.54 Å². The average Bonchev–Trinajstić information content (AvgIpc) is 2.67. The number of carbonyl (C=O) groups is 2. The van der Waals surface area contributed by atoms with Gasteiger partial charge in [-0.3, -0.25) is 9.59 Å². The summed E-state index contributed by atoms with van der Waals surface area (Å²) in [6.07, 6.45) is 2.88. The number of nitrogens with one attached hydrogen (secondary N) is 1. The Kier molecular flexibility index (Phi) is 5.17. The second kappa shape index (κ2) is 7.51. The van der Waals surface area contributed by atoms with E-state index in [2.05, 4.69) is 22.2 Å². The first-order valence-corrected chi connectivity index (χ1v) is 8.67. The zero-order valence-electron chi connectivity index (χ0n) is 14.5. The van der Waals surface area contributed by atoms with Crippen LogP contribution >= 0.6 is 0 Å². The van der Waals surface area contributed by atoms with Gasteiger partial charge in [-0.1, -0.05) is 54.6 Å². The van der Waals surface area contributed by atoms with E-state index >= 15 is 0 Å². The minimum absolute atomic E-state index is 0.0465. The van der Waals surface area contributed by atoms with Crippen LogP contribution in [0.5, 0.6) is 0 Å². The molecule has 1 N–H and O–H groups in total. The molecule has 0 aliphatic heterocycles. The van der Waals surface area contributed by atoms with E-state index in [1.54, 1.807) is 0 Å². The Bertz CT molecular complexity index is 757. The Morgan fingerprint density at radius 1 is 1.08 bits per heavy atom. The van der Waals surface area contributed by atoms with Gasteiger partial charge in [-0.05, 0) is 36.0 Å². The molecule has 0 saturated heterocycles. The molecule has 1 aliphatic carbocycles. The zero-order chi connectivity index (χ0) is 17.7. The van der Waals surface area contributed by atoms with E-state index in [4.69, 9.17) is 0 Å². The van der Waals surface area contributed by atoms with Crippen LogP contribution in [0.4, 0.5) is 0 Å². The van der Waals surface area contributed by atoms with E-state index in [0.717, 1.165) is 30.4 Å². The second-order valence-corrected chi connectivity index (χ2v) is 6.36. The van der Waals surface area contributed by atoms with E-state index in [-0.39, 0.29) is 24.8 Å². The molecule has 0 fully saturated rings. The van der Waals surface area contributed by atoms with Crippen molar-refractivity contribution in [1.82, 2.24) is 5.32 Å². The van der Waals surface area contributed by atoms with E-state index in [9.17, 15) is 9.59 Å². The highest BCUT2D eigenvalue weighted by Gasteiger charge is 2.44. The van der Waals surface area contributed by atoms with Gasteiger partial charge in [-0.25, -0.2) is 0 Å². The molecule has 2 aromatic carbocycles. The summed E-state index contributed by atoms with van der Waals surface area (Å²) in [5, 5.41) is 2.96. The van der Waals surface area contributed by atoms with E-state index < -0.39 is 5.41 Å². The molecule has 4 heteroatoms. The van der Waals surface area contributed by atoms with Gasteiger partial charge < -0.3 is 10.1 Å². The molecule has 25 heavy (non-hydrogen) atoms. The molecule has 0 spiro atoms. The smallest absolute Gasteiger partial charge is 0.307 e. The maximum Gasteiger partial charge on any atom is 0.307 e. The lowest BCUT2D eigenvalue weighted by Crippen LogP contribution is -2.47. The molecule has 0 saturated carbocycles. The predicted octanol–water partition coefficient (Wildman–Crippen LogP) is 2.99. The molecule has 130 valence electrons. The molecular formula is C21H23NO3. The Labute approximate surface area is 148 Å². The molecule has 0 heterocycles. The number of hydrogen-bond donors (Lipinski definition) is 1. The third-order valence-corrected chi connectivity index (χ3v) is 4.97. The lowest BCUT2D eigenvalue weighted by Gasteiger charge is -2.38. The third kappa shape index (κ3) is 3.29. The first-order chi connectivity index (χ1) is 12.2. The van der Waals surface area contributed by atoms with Crippen molar-refractivity contribution in [1.29, 1.82) is 0 Å². The number of fused-ring (bicyclic) bond motifs is 1. The van der Waals surface area contributed by atoms with Crippen molar-refractivity contribution in [2.75, 3.05) is 13.7 Å². The van der Waals surface area contributed by atoms with Crippen LogP contribution in [0.2, 0.25) is 0 Å². The van der Waals surface area contributed by atoms with Crippen LogP contribution in [-0.2, 0) is 26.2 Å². The van der Waals surface area contributed by atoms with Crippen LogP contribution in [0, 0.1) is 0 Å². The summed E-state index contributed by atoms with van der Waals surface area (Å²) in [6.45, 7) is 0.280. The SMILES string of the molecule is COC(=O)CCNC(=O)[C@]1(c2ccccc2)CCCc2ccccc21. The fraction of sp³-hybridized carbons (Fsp3) is 0.333. The van der Waals surface area contributed by atoms with Crippen molar-refractivity contribution in [3.63, 3.8) is 0 Å². The summed E-state index contributed by atoms with van der Waals surface area (Å²) < 4.78 is 4.65. The number of benzene rings is 2. The molecular weight excluding hydrogens is 314 g/mol. The van der Waals surface area contributed by atoms with Crippen molar-refractivity contribution in [3.8, 4) is 0 Å². The molecule has 0 unspecified atom stereocenters. The molecule has 1 amide bonds. The van der Waals surface area contributed by atoms with Gasteiger partial charge in [-0.2, -0.15) is 0 Å². The third-order valence-electron chi connectivity index (χ3n) is 4.97. The van der Waals surface area contributed by atoms with Crippen LogP contribution in [0.3, 0.4) is 0 Å². The Morgan fingerprint density at radius 2 is 1.80 bits per heavy atom. The molecule has 1 aliphatic rings. The van der Waals surface area contributed by atoms with Gasteiger partial charge in [0.15, 0.2) is 0 Å². The van der Waals surface area contributed by atoms with Crippen molar-refractivity contribution in [2.24, 2.45) is 0 Å². The van der Waals surface area contributed by atoms with Gasteiger partial charge in [0.2, 0.25) is 5.91 Å². The molecule has 2 aromatic rings. The molecule has 4 nitrogen and oxygen atoms in total. The first kappa shape index (κ1) is 17.2. The summed E-state index contributed by atoms with van der Waals surface area (Å²) in [5.41, 5.74) is 2.59. The summed E-state index contributed by atoms with van der Waals surface area (Å²) in [7, 11) is 1.35. The Morgan fingerprint density at radius 3 is 2.56 bits per heavy atom. The Hall–Kier alpha value is -2.62. The number of aryl methyl sites for hydroxylation is 1. The van der Waals surface area contributed by atoms with Gasteiger partial charge in [0.05, 0.1) is 18.9 Å². The molecule has 1 atom stereocenters. The molecule has 0 aromatic heterocycles. The van der Waals surface area contributed by atoms with E-state index in [1.165, 1.54) is 12.7 Å². The predicted molar refractivity (Wildman–Crippen MR) is 96.2 cm³/mol. The Balaban J connectivity index is 1.98. The number of ether oxygens (including phenoxy) is 1. The number of amides is 1. The quantitative estimate of drug-likeness (QED) is 0.854. The molecule has 0 radical (unpaired) electrons. The standard InChI is InChI=1S/C21H23NO3/c1-25-19(23)13-15-22-20(24)21(17-10-3-2-4-11-17)14-7-9-16-8-5-6-12-18(16)21/h2-6,8,10-12H,7,9,13-15H2,1H3,(H,22,24)/t21-/m0/s1. The van der Waals surface area contributed by atoms with Gasteiger partial charge in [0.25, 0.3) is 0 Å². The summed E-state index contributed by atoms with van der Waals surface area (Å²) in [6, 6.07) is 18.1. The topological polar surface area (TPSA) is 55.4 Å². The highest BCUT2D eigenvalue weighted by atomic mass is 16.5. The van der Waals surface area contributed by atoms with Crippen molar-refractivity contribution < 1.29 is 14.3 Å². The normalized spacial score (nSPS) is 18.9. The maximum atomic E-state index is 13.3. The van der Waals surface area contributed by atoms with Crippen LogP contribution in [-0.4, -0.2) is 25.5 Å². The molecule has 3 rings (SSSR count). The second-order valence-electron chi connectivity index (χ2n) is 6.36. The molecule has 0 bridgehead atoms. The van der Waals surface area contributed by atoms with Gasteiger partial charge in [-0.15, -0.1) is 0 Å². The minimum Gasteiger partial charge on any atom is -0.469 e. The number of hydrogen-bond acceptors (Lipinski definition) is 3. The highest BCUT2D eigenvalue weighted by Crippen LogP contribution is 2.42. The lowest BCUT2D eigenvalue weighted by atomic mass is 9.65. The summed E-state index contributed by atoms with van der Waals surface area (Å²) in [4.78, 5) is 24.6. The fourth-order valence-electron chi connectivity index (χ4n) is 3.75. The lowest BCUT2D eigenvalue weighted by molar-refractivity contribution is -0.140. The first-order valence-electron chi connectivity index (χ1n) is 8.67. The van der Waals surface area contributed by atoms with Gasteiger partial charge in [0.1, 0.15) is 0 Å². The van der Waals surface area contributed by atoms with Crippen molar-refractivity contribution in [3.05, 3.63) is 71.3 Å². The number of esters is 1. The largest absolute Gasteiger partial charge is 0.469 e. The van der Waals surface area contributed by atoms with Crippen molar-refractivity contribution in [2.45, 2.75) is 31.1 Å². The summed E-state index contributed by atoms with van der Waals surface area (Å²) in [5.74, 6) is -0.368. The monoisotopic (exact) mass is 337 g/mol. The number of carbonyl (C=O) groups excluding carboxylic acids is 2. The zero-order valence-corrected chi connectivity index (χ0v) is 14.5. The van der Waals surface area contributed by atoms with E-state index in [1.807, 2.05) is 42.5 Å². The maximum absolute atomic E-state index is 13.3. The van der Waals surface area contributed by atoms with Crippen LogP contribution < -0.4 is 5.32 Å². The summed E-state index contributed by atoms with van der Waals surface area (Å²) >= 11 is 0. The highest BCUT2D eigenvalue weighted by molar-refractivity contribution is 5.93. The van der Waals surface area contributed by atoms with Gasteiger partial charge >= 0.3 is 5.97 Å². The average molecular weight is 337 g/mol. The van der Waals surface area contributed by atoms with Crippen molar-refractivity contribution >= 4 is 11.9 Å². The number of rotatable bonds is 5. The van der Waals surface area contributed by atoms with Crippen LogP contribution in [0.15, 0.2) is 54.6 Å². The van der Waals surface area contributed by atoms with Crippen LogP contribution in [0.25, 0.3) is 0 Å². The van der Waals surface area contributed by atoms with Crippen LogP contribution in [0.1, 0.15) is 36.0 Å². The number of methoxy groups -OCH3 is 1. The fourth-order valence-corrected chi connectivity index (χ4v) is 3.75. The van der Waals surface area contributed by atoms with E-state index in [0.29, 0.717) is 0 Å². The minimum atomic E-state index is -0.702.